The van der Waals surface area contributed by atoms with Crippen LogP contribution in [0.1, 0.15) is 31.6 Å². The molecule has 2 heterocycles. The summed E-state index contributed by atoms with van der Waals surface area (Å²) < 4.78 is 51.1. The van der Waals surface area contributed by atoms with E-state index in [1.165, 1.54) is 0 Å². The number of alkyl halides is 3. The highest BCUT2D eigenvalue weighted by atomic mass is 19.4. The zero-order valence-corrected chi connectivity index (χ0v) is 16.7. The molecule has 164 valence electrons. The molecule has 0 N–H and O–H groups in total. The number of likely N-dealkylation sites (tertiary alicyclic amines) is 1. The Bertz CT molecular complexity index is 929. The highest BCUT2D eigenvalue weighted by Gasteiger charge is 2.39. The number of halogens is 3. The third kappa shape index (κ3) is 4.77. The molecule has 1 saturated heterocycles. The maximum atomic E-state index is 13.0. The van der Waals surface area contributed by atoms with Crippen molar-refractivity contribution in [3.05, 3.63) is 40.6 Å². The van der Waals surface area contributed by atoms with Crippen LogP contribution in [0.15, 0.2) is 29.1 Å². The number of aromatic nitrogens is 3. The Kier molecular flexibility index (Phi) is 6.37. The van der Waals surface area contributed by atoms with Crippen molar-refractivity contribution in [2.45, 2.75) is 32.0 Å². The first kappa shape index (κ1) is 21.7. The minimum Gasteiger partial charge on any atom is -0.494 e. The van der Waals surface area contributed by atoms with E-state index in [0.717, 1.165) is 11.7 Å². The molecule has 0 bridgehead atoms. The number of benzene rings is 1. The van der Waals surface area contributed by atoms with Crippen molar-refractivity contribution >= 4 is 5.91 Å². The van der Waals surface area contributed by atoms with Crippen LogP contribution in [0.2, 0.25) is 0 Å². The Hall–Kier alpha value is -2.98. The smallest absolute Gasteiger partial charge is 0.451 e. The normalized spacial score (nSPS) is 15.3. The lowest BCUT2D eigenvalue weighted by molar-refractivity contribution is -0.147. The Labute approximate surface area is 170 Å². The second-order valence-electron chi connectivity index (χ2n) is 6.91. The van der Waals surface area contributed by atoms with E-state index in [-0.39, 0.29) is 12.5 Å². The number of rotatable bonds is 6. The zero-order valence-electron chi connectivity index (χ0n) is 16.7. The van der Waals surface area contributed by atoms with Crippen LogP contribution in [0.3, 0.4) is 0 Å². The van der Waals surface area contributed by atoms with Crippen molar-refractivity contribution in [1.29, 1.82) is 0 Å². The van der Waals surface area contributed by atoms with E-state index in [2.05, 4.69) is 5.10 Å². The molecule has 0 saturated carbocycles. The molecular weight excluding hydrogens is 405 g/mol. The maximum absolute atomic E-state index is 13.0. The average Bonchev–Trinajstić information content (AvgIpc) is 3.03. The van der Waals surface area contributed by atoms with Gasteiger partial charge in [0.1, 0.15) is 11.5 Å². The summed E-state index contributed by atoms with van der Waals surface area (Å²) in [5.74, 6) is -0.223. The lowest BCUT2D eigenvalue weighted by Crippen LogP contribution is -2.43. The number of nitrogens with zero attached hydrogens (tertiary/aromatic N) is 4. The number of hydrogen-bond donors (Lipinski definition) is 0. The number of hydrogen-bond acceptors (Lipinski definition) is 5. The topological polar surface area (TPSA) is 78.6 Å². The van der Waals surface area contributed by atoms with Gasteiger partial charge < -0.3 is 14.4 Å². The highest BCUT2D eigenvalue weighted by molar-refractivity contribution is 5.77. The molecule has 11 heteroatoms. The first-order valence-electron chi connectivity index (χ1n) is 9.57. The fraction of sp³-hybridized carbons (Fsp3) is 0.526. The predicted molar refractivity (Wildman–Crippen MR) is 100 cm³/mol. The average molecular weight is 428 g/mol. The molecule has 1 amide bonds. The fourth-order valence-electron chi connectivity index (χ4n) is 3.34. The van der Waals surface area contributed by atoms with Crippen molar-refractivity contribution in [2.75, 3.05) is 26.3 Å². The molecule has 1 aliphatic heterocycles. The Balaban J connectivity index is 1.54. The minimum atomic E-state index is -4.70. The molecule has 1 fully saturated rings. The van der Waals surface area contributed by atoms with Crippen LogP contribution in [-0.2, 0) is 18.0 Å². The Morgan fingerprint density at radius 1 is 1.13 bits per heavy atom. The van der Waals surface area contributed by atoms with Gasteiger partial charge in [0.15, 0.2) is 6.61 Å². The molecule has 1 aromatic heterocycles. The van der Waals surface area contributed by atoms with Crippen molar-refractivity contribution in [1.82, 2.24) is 19.2 Å². The molecule has 2 aromatic rings. The van der Waals surface area contributed by atoms with Crippen molar-refractivity contribution in [2.24, 2.45) is 7.05 Å². The van der Waals surface area contributed by atoms with Gasteiger partial charge in [-0.1, -0.05) is 0 Å². The second kappa shape index (κ2) is 8.80. The van der Waals surface area contributed by atoms with Gasteiger partial charge in [-0.05, 0) is 44.0 Å². The molecule has 0 unspecified atom stereocenters. The number of amides is 1. The van der Waals surface area contributed by atoms with Gasteiger partial charge >= 0.3 is 11.9 Å². The number of piperidine rings is 1. The van der Waals surface area contributed by atoms with Crippen LogP contribution in [0.4, 0.5) is 13.2 Å². The van der Waals surface area contributed by atoms with E-state index in [9.17, 15) is 22.8 Å². The van der Waals surface area contributed by atoms with E-state index in [0.29, 0.717) is 48.6 Å². The lowest BCUT2D eigenvalue weighted by Gasteiger charge is -2.31. The summed E-state index contributed by atoms with van der Waals surface area (Å²) >= 11 is 0. The summed E-state index contributed by atoms with van der Waals surface area (Å²) in [6.45, 7) is 2.89. The van der Waals surface area contributed by atoms with Gasteiger partial charge in [0.2, 0.25) is 5.82 Å². The van der Waals surface area contributed by atoms with Crippen LogP contribution < -0.4 is 15.2 Å². The van der Waals surface area contributed by atoms with E-state index < -0.39 is 23.7 Å². The molecule has 30 heavy (non-hydrogen) atoms. The third-order valence-electron chi connectivity index (χ3n) is 4.92. The number of ether oxygens (including phenoxy) is 2. The maximum Gasteiger partial charge on any atom is 0.451 e. The van der Waals surface area contributed by atoms with Crippen LogP contribution in [0, 0.1) is 0 Å². The van der Waals surface area contributed by atoms with Gasteiger partial charge in [0, 0.05) is 20.1 Å². The highest BCUT2D eigenvalue weighted by Crippen LogP contribution is 2.28. The standard InChI is InChI=1S/C19H23F3N4O4/c1-3-29-14-4-6-15(7-5-14)30-12-16(27)25-10-8-13(9-11-25)26-18(28)24(2)17(23-26)19(20,21)22/h4-7,13H,3,8-12H2,1-2H3. The summed E-state index contributed by atoms with van der Waals surface area (Å²) in [7, 11) is 1.05. The van der Waals surface area contributed by atoms with Crippen LogP contribution >= 0.6 is 0 Å². The van der Waals surface area contributed by atoms with E-state index in [1.54, 1.807) is 29.2 Å². The second-order valence-corrected chi connectivity index (χ2v) is 6.91. The molecule has 0 aliphatic carbocycles. The molecule has 0 spiro atoms. The quantitative estimate of drug-likeness (QED) is 0.705. The zero-order chi connectivity index (χ0) is 21.9. The Morgan fingerprint density at radius 3 is 2.20 bits per heavy atom. The number of carbonyl (C=O) groups is 1. The Morgan fingerprint density at radius 2 is 1.70 bits per heavy atom. The first-order valence-corrected chi connectivity index (χ1v) is 9.57. The monoisotopic (exact) mass is 428 g/mol. The SMILES string of the molecule is CCOc1ccc(OCC(=O)N2CCC(n3nc(C(F)(F)F)n(C)c3=O)CC2)cc1. The summed E-state index contributed by atoms with van der Waals surface area (Å²) in [4.78, 5) is 26.1. The van der Waals surface area contributed by atoms with Crippen LogP contribution in [-0.4, -0.2) is 51.5 Å². The number of carbonyl (C=O) groups excluding carboxylic acids is 1. The molecule has 1 aromatic carbocycles. The molecule has 0 atom stereocenters. The molecule has 3 rings (SSSR count). The van der Waals surface area contributed by atoms with Gasteiger partial charge in [-0.3, -0.25) is 9.36 Å². The van der Waals surface area contributed by atoms with Crippen molar-refractivity contribution in [3.8, 4) is 11.5 Å². The predicted octanol–water partition coefficient (Wildman–Crippen LogP) is 2.24. The van der Waals surface area contributed by atoms with Gasteiger partial charge in [0.25, 0.3) is 5.91 Å². The van der Waals surface area contributed by atoms with Crippen LogP contribution in [0.5, 0.6) is 11.5 Å². The summed E-state index contributed by atoms with van der Waals surface area (Å²) in [6, 6.07) is 6.41. The first-order chi connectivity index (χ1) is 14.2. The summed E-state index contributed by atoms with van der Waals surface area (Å²) in [6.07, 6.45) is -4.03. The largest absolute Gasteiger partial charge is 0.494 e. The summed E-state index contributed by atoms with van der Waals surface area (Å²) in [5.41, 5.74) is -0.814. The van der Waals surface area contributed by atoms with Crippen molar-refractivity contribution < 1.29 is 27.4 Å². The molecule has 0 radical (unpaired) electrons. The van der Waals surface area contributed by atoms with Crippen molar-refractivity contribution in [3.63, 3.8) is 0 Å². The van der Waals surface area contributed by atoms with E-state index >= 15 is 0 Å². The van der Waals surface area contributed by atoms with Gasteiger partial charge in [-0.25, -0.2) is 9.48 Å². The molecular formula is C19H23F3N4O4. The molecule has 1 aliphatic rings. The van der Waals surface area contributed by atoms with Crippen LogP contribution in [0.25, 0.3) is 0 Å². The van der Waals surface area contributed by atoms with E-state index in [1.807, 2.05) is 6.92 Å². The van der Waals surface area contributed by atoms with Gasteiger partial charge in [-0.2, -0.15) is 13.2 Å². The fourth-order valence-corrected chi connectivity index (χ4v) is 3.34. The lowest BCUT2D eigenvalue weighted by atomic mass is 10.1. The van der Waals surface area contributed by atoms with Gasteiger partial charge in [0.05, 0.1) is 12.6 Å². The third-order valence-corrected chi connectivity index (χ3v) is 4.92. The van der Waals surface area contributed by atoms with Gasteiger partial charge in [-0.15, -0.1) is 5.10 Å². The molecule has 8 nitrogen and oxygen atoms in total. The summed E-state index contributed by atoms with van der Waals surface area (Å²) in [5, 5.41) is 3.47. The minimum absolute atomic E-state index is 0.152. The van der Waals surface area contributed by atoms with E-state index in [4.69, 9.17) is 9.47 Å².